The Morgan fingerprint density at radius 2 is 1.86 bits per heavy atom. The van der Waals surface area contributed by atoms with Crippen LogP contribution in [0.4, 0.5) is 0 Å². The van der Waals surface area contributed by atoms with Gasteiger partial charge in [-0.3, -0.25) is 0 Å². The predicted molar refractivity (Wildman–Crippen MR) is 63.2 cm³/mol. The summed E-state index contributed by atoms with van der Waals surface area (Å²) in [7, 11) is -3.06. The third-order valence-electron chi connectivity index (χ3n) is 2.02. The highest BCUT2D eigenvalue weighted by Gasteiger charge is 2.29. The lowest BCUT2D eigenvalue weighted by Crippen LogP contribution is -2.46. The molecule has 0 heterocycles. The molecular weight excluding hydrogens is 220 g/mol. The Bertz CT molecular complexity index is 296. The minimum Gasteiger partial charge on any atom is -0.363 e. The van der Waals surface area contributed by atoms with Crippen molar-refractivity contribution in [3.63, 3.8) is 0 Å². The molecule has 0 aromatic rings. The Labute approximate surface area is 91.4 Å². The summed E-state index contributed by atoms with van der Waals surface area (Å²) in [6, 6.07) is 0. The van der Waals surface area contributed by atoms with Gasteiger partial charge in [0.05, 0.1) is 4.75 Å². The van der Waals surface area contributed by atoms with E-state index in [1.165, 1.54) is 6.26 Å². The summed E-state index contributed by atoms with van der Waals surface area (Å²) >= 11 is 4.93. The Hall–Kier alpha value is -0.360. The van der Waals surface area contributed by atoms with Crippen molar-refractivity contribution in [3.05, 3.63) is 0 Å². The molecule has 0 unspecified atom stereocenters. The summed E-state index contributed by atoms with van der Waals surface area (Å²) in [6.45, 7) is 6.31. The molecule has 0 aliphatic carbocycles. The van der Waals surface area contributed by atoms with Crippen LogP contribution in [0.15, 0.2) is 0 Å². The van der Waals surface area contributed by atoms with Crippen LogP contribution in [-0.4, -0.2) is 37.6 Å². The molecule has 0 saturated carbocycles. The first-order chi connectivity index (χ1) is 6.20. The van der Waals surface area contributed by atoms with Crippen LogP contribution in [0.5, 0.6) is 0 Å². The second kappa shape index (κ2) is 4.93. The quantitative estimate of drug-likeness (QED) is 0.690. The highest BCUT2D eigenvalue weighted by atomic mass is 32.2. The number of thiocarbonyl (C=S) groups is 1. The minimum absolute atomic E-state index is 0.317. The molecule has 84 valence electrons. The monoisotopic (exact) mass is 238 g/mol. The van der Waals surface area contributed by atoms with Gasteiger partial charge in [0.15, 0.2) is 14.9 Å². The van der Waals surface area contributed by atoms with Gasteiger partial charge >= 0.3 is 0 Å². The summed E-state index contributed by atoms with van der Waals surface area (Å²) in [6.07, 6.45) is 1.23. The van der Waals surface area contributed by atoms with Crippen LogP contribution < -0.4 is 10.6 Å². The molecule has 0 amide bonds. The Morgan fingerprint density at radius 1 is 1.36 bits per heavy atom. The zero-order chi connectivity index (χ0) is 11.4. The molecule has 0 spiro atoms. The maximum Gasteiger partial charge on any atom is 0.166 e. The van der Waals surface area contributed by atoms with Crippen molar-refractivity contribution in [2.24, 2.45) is 0 Å². The van der Waals surface area contributed by atoms with Gasteiger partial charge in [0.25, 0.3) is 0 Å². The van der Waals surface area contributed by atoms with E-state index >= 15 is 0 Å². The van der Waals surface area contributed by atoms with Gasteiger partial charge in [-0.2, -0.15) is 0 Å². The third kappa shape index (κ3) is 4.23. The second-order valence-corrected chi connectivity index (χ2v) is 6.80. The highest BCUT2D eigenvalue weighted by Crippen LogP contribution is 2.12. The van der Waals surface area contributed by atoms with Gasteiger partial charge in [-0.05, 0) is 33.0 Å². The number of sulfone groups is 1. The van der Waals surface area contributed by atoms with Gasteiger partial charge in [0, 0.05) is 19.3 Å². The van der Waals surface area contributed by atoms with Gasteiger partial charge in [-0.15, -0.1) is 0 Å². The number of hydrogen-bond donors (Lipinski definition) is 2. The molecule has 0 aliphatic heterocycles. The normalized spacial score (nSPS) is 12.3. The molecule has 0 radical (unpaired) electrons. The smallest absolute Gasteiger partial charge is 0.166 e. The molecule has 0 rings (SSSR count). The van der Waals surface area contributed by atoms with Gasteiger partial charge in [-0.1, -0.05) is 0 Å². The van der Waals surface area contributed by atoms with E-state index in [0.29, 0.717) is 11.7 Å². The van der Waals surface area contributed by atoms with E-state index in [1.54, 1.807) is 13.8 Å². The molecule has 2 N–H and O–H groups in total. The van der Waals surface area contributed by atoms with Crippen molar-refractivity contribution in [1.29, 1.82) is 0 Å². The average Bonchev–Trinajstić information content (AvgIpc) is 1.99. The van der Waals surface area contributed by atoms with E-state index in [0.717, 1.165) is 6.54 Å². The Balaban J connectivity index is 4.20. The molecule has 6 heteroatoms. The van der Waals surface area contributed by atoms with Gasteiger partial charge in [0.1, 0.15) is 0 Å². The standard InChI is InChI=1S/C8H18N2O2S2/c1-5-9-7(13)10-6-8(2,3)14(4,11)12/h5-6H2,1-4H3,(H2,9,10,13). The summed E-state index contributed by atoms with van der Waals surface area (Å²) in [4.78, 5) is 0. The zero-order valence-corrected chi connectivity index (χ0v) is 10.7. The average molecular weight is 238 g/mol. The molecule has 0 saturated heterocycles. The zero-order valence-electron chi connectivity index (χ0n) is 9.05. The van der Waals surface area contributed by atoms with Crippen LogP contribution in [0.1, 0.15) is 20.8 Å². The van der Waals surface area contributed by atoms with Crippen molar-refractivity contribution in [2.75, 3.05) is 19.3 Å². The molecule has 0 bridgehead atoms. The van der Waals surface area contributed by atoms with E-state index in [1.807, 2.05) is 6.92 Å². The Kier molecular flexibility index (Phi) is 4.80. The fraction of sp³-hybridized carbons (Fsp3) is 0.875. The fourth-order valence-electron chi connectivity index (χ4n) is 0.647. The maximum atomic E-state index is 11.3. The van der Waals surface area contributed by atoms with E-state index in [2.05, 4.69) is 10.6 Å². The van der Waals surface area contributed by atoms with E-state index in [4.69, 9.17) is 12.2 Å². The summed E-state index contributed by atoms with van der Waals surface area (Å²) in [5, 5.41) is 6.26. The third-order valence-corrected chi connectivity index (χ3v) is 4.46. The first-order valence-corrected chi connectivity index (χ1v) is 6.72. The lowest BCUT2D eigenvalue weighted by molar-refractivity contribution is 0.545. The number of hydrogen-bond acceptors (Lipinski definition) is 3. The van der Waals surface area contributed by atoms with Crippen molar-refractivity contribution in [1.82, 2.24) is 10.6 Å². The number of rotatable bonds is 4. The van der Waals surface area contributed by atoms with Gasteiger partial charge in [0.2, 0.25) is 0 Å². The van der Waals surface area contributed by atoms with Crippen LogP contribution in [0, 0.1) is 0 Å². The summed E-state index contributed by atoms with van der Waals surface area (Å²) in [5.74, 6) is 0. The second-order valence-electron chi connectivity index (χ2n) is 3.74. The molecule has 0 aromatic carbocycles. The van der Waals surface area contributed by atoms with Gasteiger partial charge < -0.3 is 10.6 Å². The Morgan fingerprint density at radius 3 is 2.21 bits per heavy atom. The predicted octanol–water partition coefficient (Wildman–Crippen LogP) is 0.294. The maximum absolute atomic E-state index is 11.3. The topological polar surface area (TPSA) is 58.2 Å². The van der Waals surface area contributed by atoms with Crippen LogP contribution in [0.3, 0.4) is 0 Å². The van der Waals surface area contributed by atoms with Crippen molar-refractivity contribution in [3.8, 4) is 0 Å². The summed E-state index contributed by atoms with van der Waals surface area (Å²) in [5.41, 5.74) is 0. The lowest BCUT2D eigenvalue weighted by Gasteiger charge is -2.23. The van der Waals surface area contributed by atoms with E-state index in [-0.39, 0.29) is 0 Å². The lowest BCUT2D eigenvalue weighted by atomic mass is 10.2. The highest BCUT2D eigenvalue weighted by molar-refractivity contribution is 7.92. The van der Waals surface area contributed by atoms with E-state index in [9.17, 15) is 8.42 Å². The molecule has 0 fully saturated rings. The number of nitrogens with one attached hydrogen (secondary N) is 2. The van der Waals surface area contributed by atoms with Crippen LogP contribution >= 0.6 is 12.2 Å². The first kappa shape index (κ1) is 13.6. The van der Waals surface area contributed by atoms with Crippen LogP contribution in [0.2, 0.25) is 0 Å². The van der Waals surface area contributed by atoms with Crippen LogP contribution in [0.25, 0.3) is 0 Å². The van der Waals surface area contributed by atoms with Crippen molar-refractivity contribution in [2.45, 2.75) is 25.5 Å². The molecule has 0 atom stereocenters. The van der Waals surface area contributed by atoms with E-state index < -0.39 is 14.6 Å². The SMILES string of the molecule is CCNC(=S)NCC(C)(C)S(C)(=O)=O. The van der Waals surface area contributed by atoms with Crippen molar-refractivity contribution >= 4 is 27.2 Å². The molecular formula is C8H18N2O2S2. The molecule has 14 heavy (non-hydrogen) atoms. The summed E-state index contributed by atoms with van der Waals surface area (Å²) < 4.78 is 21.8. The largest absolute Gasteiger partial charge is 0.363 e. The first-order valence-electron chi connectivity index (χ1n) is 4.42. The minimum atomic E-state index is -3.06. The molecule has 0 aliphatic rings. The van der Waals surface area contributed by atoms with Crippen molar-refractivity contribution < 1.29 is 8.42 Å². The van der Waals surface area contributed by atoms with Crippen LogP contribution in [-0.2, 0) is 9.84 Å². The van der Waals surface area contributed by atoms with Gasteiger partial charge in [-0.25, -0.2) is 8.42 Å². The molecule has 4 nitrogen and oxygen atoms in total. The molecule has 0 aromatic heterocycles. The fourth-order valence-corrected chi connectivity index (χ4v) is 1.20.